The van der Waals surface area contributed by atoms with Gasteiger partial charge in [-0.3, -0.25) is 9.69 Å². The molecule has 0 spiro atoms. The highest BCUT2D eigenvalue weighted by molar-refractivity contribution is 6.35. The summed E-state index contributed by atoms with van der Waals surface area (Å²) in [5.74, 6) is 2.09. The number of carbonyl (C=O) groups is 1. The quantitative estimate of drug-likeness (QED) is 0.502. The Balaban J connectivity index is 1.32. The molecule has 1 saturated heterocycles. The van der Waals surface area contributed by atoms with Crippen molar-refractivity contribution in [3.8, 4) is 22.9 Å². The molecule has 0 saturated carbocycles. The van der Waals surface area contributed by atoms with Gasteiger partial charge in [0.15, 0.2) is 11.5 Å². The molecule has 0 atom stereocenters. The number of nitrogens with zero attached hydrogens (tertiary/aromatic N) is 3. The predicted molar refractivity (Wildman–Crippen MR) is 126 cm³/mol. The van der Waals surface area contributed by atoms with Crippen LogP contribution in [0.1, 0.15) is 18.7 Å². The molecule has 1 N–H and O–H groups in total. The summed E-state index contributed by atoms with van der Waals surface area (Å²) in [5, 5.41) is 7.97. The summed E-state index contributed by atoms with van der Waals surface area (Å²) in [4.78, 5) is 19.4. The van der Waals surface area contributed by atoms with Crippen LogP contribution >= 0.6 is 23.2 Å². The van der Waals surface area contributed by atoms with E-state index in [1.54, 1.807) is 38.5 Å². The van der Waals surface area contributed by atoms with Crippen molar-refractivity contribution < 1.29 is 18.8 Å². The first kappa shape index (κ1) is 23.4. The number of piperidine rings is 1. The molecule has 0 bridgehead atoms. The highest BCUT2D eigenvalue weighted by Gasteiger charge is 2.26. The maximum absolute atomic E-state index is 12.7. The third-order valence-electron chi connectivity index (χ3n) is 5.61. The SMILES string of the molecule is COc1ccc(-c2noc(CN3CCC(C(=O)Nc4cc(Cl)ccc4Cl)CC3)n2)cc1OC. The van der Waals surface area contributed by atoms with Crippen LogP contribution in [0.3, 0.4) is 0 Å². The van der Waals surface area contributed by atoms with E-state index in [9.17, 15) is 4.79 Å². The van der Waals surface area contributed by atoms with E-state index in [0.717, 1.165) is 31.5 Å². The monoisotopic (exact) mass is 490 g/mol. The molecule has 1 aliphatic rings. The Morgan fingerprint density at radius 2 is 1.88 bits per heavy atom. The van der Waals surface area contributed by atoms with Gasteiger partial charge in [-0.05, 0) is 62.3 Å². The minimum Gasteiger partial charge on any atom is -0.493 e. The number of likely N-dealkylation sites (tertiary alicyclic amines) is 1. The fourth-order valence-electron chi connectivity index (χ4n) is 3.78. The Kier molecular flexibility index (Phi) is 7.37. The third kappa shape index (κ3) is 5.58. The van der Waals surface area contributed by atoms with E-state index in [1.165, 1.54) is 0 Å². The van der Waals surface area contributed by atoms with Gasteiger partial charge in [-0.15, -0.1) is 0 Å². The van der Waals surface area contributed by atoms with Crippen molar-refractivity contribution in [2.45, 2.75) is 19.4 Å². The minimum absolute atomic E-state index is 0.0488. The average molecular weight is 491 g/mol. The van der Waals surface area contributed by atoms with Gasteiger partial charge in [0.05, 0.1) is 31.5 Å². The Morgan fingerprint density at radius 1 is 1.12 bits per heavy atom. The molecule has 0 unspecified atom stereocenters. The second-order valence-corrected chi connectivity index (χ2v) is 8.59. The van der Waals surface area contributed by atoms with Crippen LogP contribution in [0.15, 0.2) is 40.9 Å². The minimum atomic E-state index is -0.0960. The molecule has 33 heavy (non-hydrogen) atoms. The molecule has 1 amide bonds. The zero-order valence-corrected chi connectivity index (χ0v) is 19.8. The summed E-state index contributed by atoms with van der Waals surface area (Å²) in [5.41, 5.74) is 1.31. The fraction of sp³-hybridized carbons (Fsp3) is 0.348. The number of hydrogen-bond acceptors (Lipinski definition) is 7. The van der Waals surface area contributed by atoms with Crippen LogP contribution in [0.5, 0.6) is 11.5 Å². The van der Waals surface area contributed by atoms with E-state index < -0.39 is 0 Å². The van der Waals surface area contributed by atoms with E-state index in [4.69, 9.17) is 37.2 Å². The highest BCUT2D eigenvalue weighted by Crippen LogP contribution is 2.31. The second kappa shape index (κ2) is 10.4. The number of anilines is 1. The summed E-state index contributed by atoms with van der Waals surface area (Å²) in [6.07, 6.45) is 1.45. The molecule has 0 aliphatic carbocycles. The van der Waals surface area contributed by atoms with Crippen LogP contribution in [0.25, 0.3) is 11.4 Å². The molecule has 1 fully saturated rings. The lowest BCUT2D eigenvalue weighted by Crippen LogP contribution is -2.37. The van der Waals surface area contributed by atoms with Crippen LogP contribution < -0.4 is 14.8 Å². The molecule has 4 rings (SSSR count). The number of hydrogen-bond donors (Lipinski definition) is 1. The summed E-state index contributed by atoms with van der Waals surface area (Å²) in [6, 6.07) is 10.5. The van der Waals surface area contributed by atoms with Crippen LogP contribution in [0.4, 0.5) is 5.69 Å². The fourth-order valence-corrected chi connectivity index (χ4v) is 4.12. The van der Waals surface area contributed by atoms with E-state index in [1.807, 2.05) is 12.1 Å². The molecular formula is C23H24Cl2N4O4. The number of amides is 1. The highest BCUT2D eigenvalue weighted by atomic mass is 35.5. The number of benzene rings is 2. The molecule has 1 aliphatic heterocycles. The lowest BCUT2D eigenvalue weighted by Gasteiger charge is -2.30. The summed E-state index contributed by atoms with van der Waals surface area (Å²) in [7, 11) is 3.17. The lowest BCUT2D eigenvalue weighted by atomic mass is 9.96. The smallest absolute Gasteiger partial charge is 0.241 e. The van der Waals surface area contributed by atoms with E-state index in [0.29, 0.717) is 45.5 Å². The maximum Gasteiger partial charge on any atom is 0.241 e. The van der Waals surface area contributed by atoms with Gasteiger partial charge in [-0.2, -0.15) is 4.98 Å². The Hall–Kier alpha value is -2.81. The Labute approximate surface area is 201 Å². The van der Waals surface area contributed by atoms with Crippen LogP contribution in [-0.2, 0) is 11.3 Å². The van der Waals surface area contributed by atoms with Gasteiger partial charge in [-0.1, -0.05) is 28.4 Å². The van der Waals surface area contributed by atoms with Crippen molar-refractivity contribution in [3.05, 3.63) is 52.3 Å². The predicted octanol–water partition coefficient (Wildman–Crippen LogP) is 4.91. The van der Waals surface area contributed by atoms with Gasteiger partial charge >= 0.3 is 0 Å². The van der Waals surface area contributed by atoms with E-state index in [2.05, 4.69) is 20.4 Å². The largest absolute Gasteiger partial charge is 0.493 e. The zero-order chi connectivity index (χ0) is 23.4. The molecule has 3 aromatic rings. The van der Waals surface area contributed by atoms with E-state index >= 15 is 0 Å². The van der Waals surface area contributed by atoms with E-state index in [-0.39, 0.29) is 11.8 Å². The van der Waals surface area contributed by atoms with Gasteiger partial charge in [0.25, 0.3) is 0 Å². The zero-order valence-electron chi connectivity index (χ0n) is 18.3. The van der Waals surface area contributed by atoms with Gasteiger partial charge in [0, 0.05) is 16.5 Å². The number of nitrogens with one attached hydrogen (secondary N) is 1. The summed E-state index contributed by atoms with van der Waals surface area (Å²) < 4.78 is 16.1. The first-order chi connectivity index (χ1) is 16.0. The Morgan fingerprint density at radius 3 is 2.61 bits per heavy atom. The summed E-state index contributed by atoms with van der Waals surface area (Å²) in [6.45, 7) is 2.01. The second-order valence-electron chi connectivity index (χ2n) is 7.75. The van der Waals surface area contributed by atoms with Gasteiger partial charge in [-0.25, -0.2) is 0 Å². The molecule has 1 aromatic heterocycles. The molecular weight excluding hydrogens is 467 g/mol. The number of halogens is 2. The normalized spacial score (nSPS) is 14.8. The van der Waals surface area contributed by atoms with Gasteiger partial charge < -0.3 is 19.3 Å². The Bertz CT molecular complexity index is 1130. The number of ether oxygens (including phenoxy) is 2. The molecule has 0 radical (unpaired) electrons. The maximum atomic E-state index is 12.7. The van der Waals surface area contributed by atoms with Crippen molar-refractivity contribution in [2.75, 3.05) is 32.6 Å². The van der Waals surface area contributed by atoms with Crippen molar-refractivity contribution in [2.24, 2.45) is 5.92 Å². The van der Waals surface area contributed by atoms with Crippen LogP contribution in [-0.4, -0.2) is 48.3 Å². The van der Waals surface area contributed by atoms with Gasteiger partial charge in [0.2, 0.25) is 17.6 Å². The standard InChI is InChI=1S/C23H24Cl2N4O4/c1-31-19-6-3-15(11-20(19)32-2)22-27-21(33-28-22)13-29-9-7-14(8-10-29)23(30)26-18-12-16(24)4-5-17(18)25/h3-6,11-12,14H,7-10,13H2,1-2H3,(H,26,30). The van der Waals surface area contributed by atoms with Crippen molar-refractivity contribution in [3.63, 3.8) is 0 Å². The number of aromatic nitrogens is 2. The lowest BCUT2D eigenvalue weighted by molar-refractivity contribution is -0.121. The van der Waals surface area contributed by atoms with Crippen molar-refractivity contribution in [1.82, 2.24) is 15.0 Å². The first-order valence-corrected chi connectivity index (χ1v) is 11.3. The van der Waals surface area contributed by atoms with Crippen LogP contribution in [0.2, 0.25) is 10.0 Å². The number of carbonyl (C=O) groups excluding carboxylic acids is 1. The van der Waals surface area contributed by atoms with Crippen molar-refractivity contribution >= 4 is 34.8 Å². The molecule has 8 nitrogen and oxygen atoms in total. The average Bonchev–Trinajstić information content (AvgIpc) is 3.29. The third-order valence-corrected chi connectivity index (χ3v) is 6.18. The van der Waals surface area contributed by atoms with Crippen LogP contribution in [0, 0.1) is 5.92 Å². The number of methoxy groups -OCH3 is 2. The first-order valence-electron chi connectivity index (χ1n) is 10.5. The topological polar surface area (TPSA) is 89.7 Å². The molecule has 174 valence electrons. The molecule has 2 heterocycles. The summed E-state index contributed by atoms with van der Waals surface area (Å²) >= 11 is 12.2. The number of rotatable bonds is 7. The molecule has 2 aromatic carbocycles. The van der Waals surface area contributed by atoms with Gasteiger partial charge in [0.1, 0.15) is 0 Å². The van der Waals surface area contributed by atoms with Crippen molar-refractivity contribution in [1.29, 1.82) is 0 Å². The molecule has 10 heteroatoms.